The molecule has 7 heteroatoms. The van der Waals surface area contributed by atoms with Crippen LogP contribution in [0.1, 0.15) is 55.6 Å². The van der Waals surface area contributed by atoms with Gasteiger partial charge in [0.2, 0.25) is 11.8 Å². The van der Waals surface area contributed by atoms with E-state index in [4.69, 9.17) is 0 Å². The van der Waals surface area contributed by atoms with E-state index in [0.717, 1.165) is 36.9 Å². The van der Waals surface area contributed by atoms with Gasteiger partial charge in [-0.15, -0.1) is 0 Å². The Labute approximate surface area is 190 Å². The molecule has 3 rings (SSSR count). The van der Waals surface area contributed by atoms with Crippen molar-refractivity contribution in [1.29, 1.82) is 0 Å². The molecule has 0 aliphatic carbocycles. The zero-order valence-electron chi connectivity index (χ0n) is 19.5. The highest BCUT2D eigenvalue weighted by Crippen LogP contribution is 2.26. The minimum atomic E-state index is -0.205. The van der Waals surface area contributed by atoms with Crippen LogP contribution in [0.3, 0.4) is 0 Å². The van der Waals surface area contributed by atoms with Crippen molar-refractivity contribution in [3.05, 3.63) is 47.8 Å². The summed E-state index contributed by atoms with van der Waals surface area (Å²) in [6, 6.07) is 9.98. The van der Waals surface area contributed by atoms with E-state index in [0.29, 0.717) is 23.7 Å². The maximum absolute atomic E-state index is 12.1. The minimum Gasteiger partial charge on any atom is -0.346 e. The number of likely N-dealkylation sites (N-methyl/N-ethyl adjacent to an activating group) is 1. The second-order valence-corrected chi connectivity index (χ2v) is 7.80. The van der Waals surface area contributed by atoms with E-state index >= 15 is 0 Å². The fraction of sp³-hybridized carbons (Fsp3) is 0.440. The summed E-state index contributed by atoms with van der Waals surface area (Å²) in [6.07, 6.45) is 6.00. The minimum absolute atomic E-state index is 0.0939. The molecular weight excluding hydrogens is 404 g/mol. The Hall–Kier alpha value is -3.06. The molecule has 1 fully saturated rings. The van der Waals surface area contributed by atoms with Crippen LogP contribution in [0.4, 0.5) is 5.69 Å². The molecule has 1 aromatic carbocycles. The zero-order chi connectivity index (χ0) is 23.5. The highest BCUT2D eigenvalue weighted by molar-refractivity contribution is 6.04. The Balaban J connectivity index is 0.000000380. The molecule has 0 bridgehead atoms. The van der Waals surface area contributed by atoms with E-state index < -0.39 is 0 Å². The summed E-state index contributed by atoms with van der Waals surface area (Å²) in [5, 5.41) is 5.58. The molecular formula is C25H34N4O3. The van der Waals surface area contributed by atoms with Crippen molar-refractivity contribution in [3.63, 3.8) is 0 Å². The first-order valence-electron chi connectivity index (χ1n) is 11.2. The van der Waals surface area contributed by atoms with Gasteiger partial charge in [-0.3, -0.25) is 19.4 Å². The third kappa shape index (κ3) is 7.27. The number of rotatable bonds is 7. The number of benzene rings is 1. The Morgan fingerprint density at radius 3 is 2.50 bits per heavy atom. The molecule has 172 valence electrons. The van der Waals surface area contributed by atoms with Crippen molar-refractivity contribution in [2.24, 2.45) is 0 Å². The van der Waals surface area contributed by atoms with Crippen LogP contribution in [0.5, 0.6) is 0 Å². The number of aryl methyl sites for hydroxylation is 1. The van der Waals surface area contributed by atoms with Gasteiger partial charge in [-0.25, -0.2) is 0 Å². The molecule has 0 saturated carbocycles. The van der Waals surface area contributed by atoms with Crippen molar-refractivity contribution in [3.8, 4) is 11.1 Å². The lowest BCUT2D eigenvalue weighted by Crippen LogP contribution is -2.31. The number of pyridine rings is 1. The van der Waals surface area contributed by atoms with Crippen LogP contribution in [-0.2, 0) is 16.0 Å². The first-order chi connectivity index (χ1) is 15.4. The first-order valence-corrected chi connectivity index (χ1v) is 11.2. The summed E-state index contributed by atoms with van der Waals surface area (Å²) >= 11 is 0. The molecule has 0 atom stereocenters. The van der Waals surface area contributed by atoms with E-state index in [-0.39, 0.29) is 18.2 Å². The van der Waals surface area contributed by atoms with Gasteiger partial charge in [0, 0.05) is 38.2 Å². The molecule has 0 radical (unpaired) electrons. The van der Waals surface area contributed by atoms with Crippen molar-refractivity contribution < 1.29 is 14.4 Å². The van der Waals surface area contributed by atoms with E-state index in [1.165, 1.54) is 12.0 Å². The number of hydrogen-bond donors (Lipinski definition) is 2. The van der Waals surface area contributed by atoms with Crippen LogP contribution in [0.25, 0.3) is 11.1 Å². The van der Waals surface area contributed by atoms with E-state index in [1.807, 2.05) is 25.2 Å². The Bertz CT molecular complexity index is 943. The molecule has 7 nitrogen and oxygen atoms in total. The van der Waals surface area contributed by atoms with Crippen LogP contribution in [0, 0.1) is 0 Å². The molecule has 0 unspecified atom stereocenters. The lowest BCUT2D eigenvalue weighted by molar-refractivity contribution is -0.131. The SMILES string of the molecule is CCC(=O)c1ncc(-c2cccc(CC)c2)cc1NC(=O)CNC.CN1CCCCC1=O. The molecule has 1 aliphatic heterocycles. The molecule has 0 spiro atoms. The highest BCUT2D eigenvalue weighted by Gasteiger charge is 2.15. The normalized spacial score (nSPS) is 13.2. The number of carbonyl (C=O) groups excluding carboxylic acids is 3. The summed E-state index contributed by atoms with van der Waals surface area (Å²) in [7, 11) is 3.56. The second-order valence-electron chi connectivity index (χ2n) is 7.80. The summed E-state index contributed by atoms with van der Waals surface area (Å²) in [5.74, 6) is 0.00350. The van der Waals surface area contributed by atoms with Gasteiger partial charge in [0.25, 0.3) is 0 Å². The Morgan fingerprint density at radius 1 is 1.12 bits per heavy atom. The number of hydrogen-bond acceptors (Lipinski definition) is 5. The standard InChI is InChI=1S/C19H23N3O2.C6H11NO/c1-4-13-7-6-8-14(9-13)15-10-16(22-18(24)12-20-3)19(21-11-15)17(23)5-2;1-7-5-3-2-4-6(7)8/h6-11,20H,4-5,12H2,1-3H3,(H,22,24);2-5H2,1H3. The number of Topliss-reactive ketones (excluding diaryl/α,β-unsaturated/α-hetero) is 1. The Kier molecular flexibility index (Phi) is 10.0. The van der Waals surface area contributed by atoms with E-state index in [1.54, 1.807) is 25.1 Å². The number of piperidine rings is 1. The number of nitrogens with one attached hydrogen (secondary N) is 2. The predicted molar refractivity (Wildman–Crippen MR) is 128 cm³/mol. The smallest absolute Gasteiger partial charge is 0.238 e. The molecule has 2 aromatic rings. The average molecular weight is 439 g/mol. The topological polar surface area (TPSA) is 91.4 Å². The van der Waals surface area contributed by atoms with Crippen molar-refractivity contribution in [1.82, 2.24) is 15.2 Å². The van der Waals surface area contributed by atoms with Crippen LogP contribution >= 0.6 is 0 Å². The quantitative estimate of drug-likeness (QED) is 0.644. The van der Waals surface area contributed by atoms with Gasteiger partial charge in [0.15, 0.2) is 5.78 Å². The fourth-order valence-corrected chi connectivity index (χ4v) is 3.37. The van der Waals surface area contributed by atoms with Gasteiger partial charge in [0.1, 0.15) is 5.69 Å². The van der Waals surface area contributed by atoms with E-state index in [2.05, 4.69) is 34.7 Å². The van der Waals surface area contributed by atoms with Gasteiger partial charge in [-0.05, 0) is 43.5 Å². The lowest BCUT2D eigenvalue weighted by atomic mass is 10.0. The van der Waals surface area contributed by atoms with Gasteiger partial charge in [0.05, 0.1) is 12.2 Å². The van der Waals surface area contributed by atoms with Crippen LogP contribution in [0.2, 0.25) is 0 Å². The molecule has 2 N–H and O–H groups in total. The monoisotopic (exact) mass is 438 g/mol. The van der Waals surface area contributed by atoms with Crippen LogP contribution in [-0.4, -0.2) is 54.7 Å². The maximum atomic E-state index is 12.1. The summed E-state index contributed by atoms with van der Waals surface area (Å²) in [5.41, 5.74) is 3.88. The number of ketones is 1. The van der Waals surface area contributed by atoms with Gasteiger partial charge in [-0.1, -0.05) is 38.1 Å². The number of aromatic nitrogens is 1. The largest absolute Gasteiger partial charge is 0.346 e. The molecule has 1 aromatic heterocycles. The first kappa shape index (κ1) is 25.2. The molecule has 1 saturated heterocycles. The van der Waals surface area contributed by atoms with E-state index in [9.17, 15) is 14.4 Å². The third-order valence-corrected chi connectivity index (χ3v) is 5.31. The van der Waals surface area contributed by atoms with Crippen molar-refractivity contribution >= 4 is 23.3 Å². The number of likely N-dealkylation sites (tertiary alicyclic amines) is 1. The van der Waals surface area contributed by atoms with Crippen molar-refractivity contribution in [2.45, 2.75) is 46.0 Å². The average Bonchev–Trinajstić information content (AvgIpc) is 2.81. The summed E-state index contributed by atoms with van der Waals surface area (Å²) < 4.78 is 0. The summed E-state index contributed by atoms with van der Waals surface area (Å²) in [4.78, 5) is 40.8. The number of amides is 2. The molecule has 1 aliphatic rings. The predicted octanol–water partition coefficient (Wildman–Crippen LogP) is 3.69. The van der Waals surface area contributed by atoms with Gasteiger partial charge >= 0.3 is 0 Å². The Morgan fingerprint density at radius 2 is 1.91 bits per heavy atom. The van der Waals surface area contributed by atoms with Crippen LogP contribution in [0.15, 0.2) is 36.5 Å². The lowest BCUT2D eigenvalue weighted by Gasteiger charge is -2.21. The molecule has 2 heterocycles. The number of anilines is 1. The molecule has 32 heavy (non-hydrogen) atoms. The van der Waals surface area contributed by atoms with Gasteiger partial charge < -0.3 is 15.5 Å². The van der Waals surface area contributed by atoms with Gasteiger partial charge in [-0.2, -0.15) is 0 Å². The highest BCUT2D eigenvalue weighted by atomic mass is 16.2. The third-order valence-electron chi connectivity index (χ3n) is 5.31. The number of carbonyl (C=O) groups is 3. The second kappa shape index (κ2) is 12.7. The maximum Gasteiger partial charge on any atom is 0.238 e. The fourth-order valence-electron chi connectivity index (χ4n) is 3.37. The summed E-state index contributed by atoms with van der Waals surface area (Å²) in [6.45, 7) is 5.01. The zero-order valence-corrected chi connectivity index (χ0v) is 19.5. The molecule has 2 amide bonds. The number of nitrogens with zero attached hydrogens (tertiary/aromatic N) is 2. The van der Waals surface area contributed by atoms with Crippen molar-refractivity contribution in [2.75, 3.05) is 32.5 Å². The van der Waals surface area contributed by atoms with Crippen LogP contribution < -0.4 is 10.6 Å².